The molecule has 0 radical (unpaired) electrons. The number of sulfone groups is 2. The summed E-state index contributed by atoms with van der Waals surface area (Å²) in [5.41, 5.74) is 8.07. The van der Waals surface area contributed by atoms with E-state index < -0.39 is 19.7 Å². The van der Waals surface area contributed by atoms with Gasteiger partial charge in [0.1, 0.15) is 0 Å². The van der Waals surface area contributed by atoms with E-state index in [0.29, 0.717) is 17.1 Å². The fourth-order valence-corrected chi connectivity index (χ4v) is 4.35. The fraction of sp³-hybridized carbons (Fsp3) is 0.400. The molecule has 3 rings (SSSR count). The minimum Gasteiger partial charge on any atom is -0.400 e. The van der Waals surface area contributed by atoms with E-state index in [-0.39, 0.29) is 28.8 Å². The second-order valence-corrected chi connectivity index (χ2v) is 12.6. The second kappa shape index (κ2) is 20.0. The van der Waals surface area contributed by atoms with Gasteiger partial charge in [0.2, 0.25) is 0 Å². The summed E-state index contributed by atoms with van der Waals surface area (Å²) in [7, 11) is -5.21. The van der Waals surface area contributed by atoms with Gasteiger partial charge in [-0.25, -0.2) is 16.8 Å². The molecule has 0 fully saturated rings. The molecular formula is C25H38BrClN4O5S2. The summed E-state index contributed by atoms with van der Waals surface area (Å²) in [6.45, 7) is 7.63. The lowest BCUT2D eigenvalue weighted by molar-refractivity contribution is 0.399. The predicted molar refractivity (Wildman–Crippen MR) is 158 cm³/mol. The Balaban J connectivity index is 0. The van der Waals surface area contributed by atoms with Crippen LogP contribution in [-0.4, -0.2) is 55.5 Å². The maximum atomic E-state index is 11.4. The molecule has 0 aliphatic rings. The third-order valence-electron chi connectivity index (χ3n) is 4.80. The lowest BCUT2D eigenvalue weighted by Crippen LogP contribution is -2.06. The van der Waals surface area contributed by atoms with Crippen LogP contribution in [0.4, 0.5) is 0 Å². The topological polar surface area (TPSA) is 153 Å². The number of aliphatic hydroxyl groups excluding tert-OH is 1. The number of hydrogen-bond donors (Lipinski definition) is 2. The van der Waals surface area contributed by atoms with Crippen LogP contribution in [0.15, 0.2) is 69.3 Å². The van der Waals surface area contributed by atoms with Crippen molar-refractivity contribution in [3.63, 3.8) is 0 Å². The normalized spacial score (nSPS) is 10.3. The number of hydrogen-bond acceptors (Lipinski definition) is 9. The molecule has 0 aromatic carbocycles. The van der Waals surface area contributed by atoms with Crippen LogP contribution in [-0.2, 0) is 39.1 Å². The Morgan fingerprint density at radius 3 is 1.32 bits per heavy atom. The minimum absolute atomic E-state index is 0. The van der Waals surface area contributed by atoms with E-state index in [1.807, 2.05) is 25.3 Å². The largest absolute Gasteiger partial charge is 0.400 e. The summed E-state index contributed by atoms with van der Waals surface area (Å²) < 4.78 is 46.4. The van der Waals surface area contributed by atoms with Crippen LogP contribution >= 0.6 is 28.3 Å². The Kier molecular flexibility index (Phi) is 20.1. The highest BCUT2D eigenvalue weighted by Gasteiger charge is 2.11. The molecule has 0 bridgehead atoms. The number of rotatable bonds is 7. The van der Waals surface area contributed by atoms with Gasteiger partial charge in [-0.3, -0.25) is 15.0 Å². The highest BCUT2D eigenvalue weighted by atomic mass is 79.9. The van der Waals surface area contributed by atoms with Crippen LogP contribution in [0.3, 0.4) is 0 Å². The molecule has 0 spiro atoms. The van der Waals surface area contributed by atoms with Gasteiger partial charge < -0.3 is 10.8 Å². The average Bonchev–Trinajstić information content (AvgIpc) is 2.95. The van der Waals surface area contributed by atoms with E-state index >= 15 is 0 Å². The van der Waals surface area contributed by atoms with Crippen molar-refractivity contribution in [3.8, 4) is 0 Å². The number of aliphatic hydroxyl groups is 1. The number of nitrogens with two attached hydrogens (primary N) is 1. The molecule has 3 N–H and O–H groups in total. The van der Waals surface area contributed by atoms with Crippen LogP contribution in [0.2, 0.25) is 0 Å². The summed E-state index contributed by atoms with van der Waals surface area (Å²) >= 11 is 3.31. The highest BCUT2D eigenvalue weighted by molar-refractivity contribution is 9.10. The molecule has 0 aliphatic carbocycles. The van der Waals surface area contributed by atoms with Gasteiger partial charge in [-0.15, -0.1) is 12.4 Å². The average molecular weight is 654 g/mol. The van der Waals surface area contributed by atoms with Gasteiger partial charge in [0, 0.05) is 48.1 Å². The summed E-state index contributed by atoms with van der Waals surface area (Å²) in [6, 6.07) is 10.6. The zero-order valence-electron chi connectivity index (χ0n) is 22.3. The van der Waals surface area contributed by atoms with E-state index in [4.69, 9.17) is 10.8 Å². The molecule has 0 unspecified atom stereocenters. The molecule has 13 heteroatoms. The van der Waals surface area contributed by atoms with Crippen molar-refractivity contribution in [1.82, 2.24) is 15.0 Å². The first-order valence-corrected chi connectivity index (χ1v) is 15.7. The van der Waals surface area contributed by atoms with E-state index in [2.05, 4.69) is 37.8 Å². The maximum Gasteiger partial charge on any atom is 0.179 e. The van der Waals surface area contributed by atoms with Gasteiger partial charge in [-0.1, -0.05) is 27.7 Å². The van der Waals surface area contributed by atoms with Crippen molar-refractivity contribution in [2.75, 3.05) is 18.6 Å². The molecule has 3 heterocycles. The summed E-state index contributed by atoms with van der Waals surface area (Å²) in [6.07, 6.45) is 6.43. The SMILES string of the molecule is CCS(=O)(=O)c1ccc(CN)nc1.CCc1ccc(Br)cn1.CCc1ccc(S(=O)(=O)CC)cn1.CO.Cl. The van der Waals surface area contributed by atoms with E-state index in [1.165, 1.54) is 18.5 Å². The third-order valence-corrected chi connectivity index (χ3v) is 8.70. The van der Waals surface area contributed by atoms with Gasteiger partial charge in [0.05, 0.1) is 27.0 Å². The van der Waals surface area contributed by atoms with Crippen LogP contribution in [0.25, 0.3) is 0 Å². The molecule has 214 valence electrons. The van der Waals surface area contributed by atoms with Gasteiger partial charge in [-0.05, 0) is 65.2 Å². The second-order valence-electron chi connectivity index (χ2n) is 7.16. The lowest BCUT2D eigenvalue weighted by Gasteiger charge is -2.00. The van der Waals surface area contributed by atoms with Crippen LogP contribution < -0.4 is 5.73 Å². The van der Waals surface area contributed by atoms with Crippen molar-refractivity contribution >= 4 is 48.0 Å². The van der Waals surface area contributed by atoms with Crippen molar-refractivity contribution in [3.05, 3.63) is 76.5 Å². The summed E-state index contributed by atoms with van der Waals surface area (Å²) in [5.74, 6) is 0.219. The predicted octanol–water partition coefficient (Wildman–Crippen LogP) is 4.21. The van der Waals surface area contributed by atoms with Crippen molar-refractivity contribution in [2.24, 2.45) is 5.73 Å². The van der Waals surface area contributed by atoms with Gasteiger partial charge >= 0.3 is 0 Å². The summed E-state index contributed by atoms with van der Waals surface area (Å²) in [4.78, 5) is 12.7. The molecule has 0 amide bonds. The highest BCUT2D eigenvalue weighted by Crippen LogP contribution is 2.10. The number of halogens is 2. The van der Waals surface area contributed by atoms with E-state index in [0.717, 1.165) is 35.8 Å². The van der Waals surface area contributed by atoms with Crippen molar-refractivity contribution in [2.45, 2.75) is 56.9 Å². The van der Waals surface area contributed by atoms with Gasteiger partial charge in [0.25, 0.3) is 0 Å². The molecular weight excluding hydrogens is 616 g/mol. The minimum atomic E-state index is -3.13. The smallest absolute Gasteiger partial charge is 0.179 e. The Hall–Kier alpha value is -1.96. The molecule has 0 atom stereocenters. The van der Waals surface area contributed by atoms with Crippen LogP contribution in [0, 0.1) is 0 Å². The van der Waals surface area contributed by atoms with Gasteiger partial charge in [0.15, 0.2) is 19.7 Å². The molecule has 0 saturated heterocycles. The first kappa shape index (κ1) is 38.2. The molecule has 0 aliphatic heterocycles. The zero-order valence-corrected chi connectivity index (χ0v) is 26.4. The Bertz CT molecular complexity index is 1160. The standard InChI is InChI=1S/C9H13NO2S.C8H12N2O2S.C7H8BrN.CH4O.ClH/c1-3-8-5-6-9(7-10-8)13(11,12)4-2;1-2-13(11,12)8-4-3-7(5-9)10-6-8;1-2-7-4-3-6(8)5-9-7;1-2;/h5-7H,3-4H2,1-2H3;3-4,6H,2,5,9H2,1H3;3-5H,2H2,1H3;2H,1H3;1H. The Morgan fingerprint density at radius 2 is 1.05 bits per heavy atom. The molecule has 0 saturated carbocycles. The monoisotopic (exact) mass is 652 g/mol. The quantitative estimate of drug-likeness (QED) is 0.382. The van der Waals surface area contributed by atoms with Crippen LogP contribution in [0.1, 0.15) is 44.8 Å². The van der Waals surface area contributed by atoms with E-state index in [9.17, 15) is 16.8 Å². The molecule has 3 aromatic heterocycles. The van der Waals surface area contributed by atoms with Crippen molar-refractivity contribution in [1.29, 1.82) is 0 Å². The van der Waals surface area contributed by atoms with Gasteiger partial charge in [-0.2, -0.15) is 0 Å². The molecule has 9 nitrogen and oxygen atoms in total. The number of nitrogens with zero attached hydrogens (tertiary/aromatic N) is 3. The first-order valence-electron chi connectivity index (χ1n) is 11.6. The first-order chi connectivity index (χ1) is 17.5. The lowest BCUT2D eigenvalue weighted by atomic mass is 10.3. The number of pyridine rings is 3. The van der Waals surface area contributed by atoms with Crippen molar-refractivity contribution < 1.29 is 21.9 Å². The fourth-order valence-electron chi connectivity index (χ4n) is 2.47. The Morgan fingerprint density at radius 1 is 0.684 bits per heavy atom. The number of aryl methyl sites for hydroxylation is 2. The van der Waals surface area contributed by atoms with Crippen LogP contribution in [0.5, 0.6) is 0 Å². The molecule has 38 heavy (non-hydrogen) atoms. The van der Waals surface area contributed by atoms with E-state index in [1.54, 1.807) is 32.0 Å². The zero-order chi connectivity index (χ0) is 28.5. The number of aromatic nitrogens is 3. The maximum absolute atomic E-state index is 11.4. The Labute approximate surface area is 241 Å². The summed E-state index contributed by atoms with van der Waals surface area (Å²) in [5, 5.41) is 7.00. The molecule has 3 aromatic rings. The third kappa shape index (κ3) is 13.7.